The van der Waals surface area contributed by atoms with E-state index in [-0.39, 0.29) is 18.1 Å². The molecule has 5 heteroatoms. The maximum atomic E-state index is 11.8. The Morgan fingerprint density at radius 3 is 2.00 bits per heavy atom. The predicted molar refractivity (Wildman–Crippen MR) is 66.0 cm³/mol. The first-order valence-electron chi connectivity index (χ1n) is 6.08. The second-order valence-electron chi connectivity index (χ2n) is 4.77. The predicted octanol–water partition coefficient (Wildman–Crippen LogP) is 1.61. The molecule has 0 unspecified atom stereocenters. The molecule has 19 heavy (non-hydrogen) atoms. The van der Waals surface area contributed by atoms with E-state index in [9.17, 15) is 14.4 Å². The molecule has 1 saturated carbocycles. The lowest BCUT2D eigenvalue weighted by Crippen LogP contribution is -2.25. The van der Waals surface area contributed by atoms with Crippen LogP contribution < -0.4 is 0 Å². The number of carbonyl (C=O) groups is 3. The molecule has 1 aromatic rings. The van der Waals surface area contributed by atoms with E-state index in [4.69, 9.17) is 10.2 Å². The van der Waals surface area contributed by atoms with E-state index < -0.39 is 17.9 Å². The van der Waals surface area contributed by atoms with E-state index in [0.29, 0.717) is 11.1 Å². The Kier molecular flexibility index (Phi) is 3.64. The van der Waals surface area contributed by atoms with Crippen molar-refractivity contribution in [3.05, 3.63) is 35.4 Å². The van der Waals surface area contributed by atoms with Crippen LogP contribution in [0.2, 0.25) is 0 Å². The topological polar surface area (TPSA) is 91.7 Å². The van der Waals surface area contributed by atoms with Crippen molar-refractivity contribution in [3.8, 4) is 0 Å². The molecule has 5 nitrogen and oxygen atoms in total. The molecule has 0 atom stereocenters. The van der Waals surface area contributed by atoms with Gasteiger partial charge in [0.05, 0.1) is 0 Å². The third-order valence-corrected chi connectivity index (χ3v) is 3.22. The van der Waals surface area contributed by atoms with Crippen LogP contribution in [0.3, 0.4) is 0 Å². The third-order valence-electron chi connectivity index (χ3n) is 3.22. The highest BCUT2D eigenvalue weighted by atomic mass is 16.4. The van der Waals surface area contributed by atoms with Gasteiger partial charge in [-0.2, -0.15) is 0 Å². The number of aliphatic carboxylic acids is 2. The fourth-order valence-electron chi connectivity index (χ4n) is 1.90. The molecule has 0 bridgehead atoms. The molecule has 0 aromatic heterocycles. The average molecular weight is 262 g/mol. The summed E-state index contributed by atoms with van der Waals surface area (Å²) in [5, 5.41) is 17.6. The Hall–Kier alpha value is -2.17. The molecule has 0 radical (unpaired) electrons. The van der Waals surface area contributed by atoms with Crippen LogP contribution in [0, 0.1) is 11.8 Å². The number of rotatable bonds is 6. The number of carboxylic acids is 2. The minimum absolute atomic E-state index is 0.0808. The van der Waals surface area contributed by atoms with Gasteiger partial charge >= 0.3 is 11.9 Å². The van der Waals surface area contributed by atoms with Crippen molar-refractivity contribution >= 4 is 17.7 Å². The SMILES string of the molecule is O=C(c1ccc(CC(C(=O)O)C(=O)O)cc1)C1CC1. The van der Waals surface area contributed by atoms with Gasteiger partial charge in [-0.25, -0.2) is 0 Å². The van der Waals surface area contributed by atoms with Crippen molar-refractivity contribution in [2.45, 2.75) is 19.3 Å². The van der Waals surface area contributed by atoms with Crippen molar-refractivity contribution in [2.24, 2.45) is 11.8 Å². The molecule has 0 saturated heterocycles. The van der Waals surface area contributed by atoms with Crippen LogP contribution in [0.15, 0.2) is 24.3 Å². The van der Waals surface area contributed by atoms with Gasteiger partial charge in [-0.1, -0.05) is 24.3 Å². The van der Waals surface area contributed by atoms with Crippen molar-refractivity contribution in [1.82, 2.24) is 0 Å². The quantitative estimate of drug-likeness (QED) is 0.600. The molecule has 1 aliphatic rings. The first kappa shape index (κ1) is 13.3. The summed E-state index contributed by atoms with van der Waals surface area (Å²) in [5.41, 5.74) is 1.20. The van der Waals surface area contributed by atoms with Crippen LogP contribution in [0.1, 0.15) is 28.8 Å². The number of hydrogen-bond acceptors (Lipinski definition) is 3. The maximum absolute atomic E-state index is 11.8. The highest BCUT2D eigenvalue weighted by Gasteiger charge is 2.30. The summed E-state index contributed by atoms with van der Waals surface area (Å²) in [6.07, 6.45) is 1.78. The molecule has 0 heterocycles. The molecule has 0 aliphatic heterocycles. The lowest BCUT2D eigenvalue weighted by atomic mass is 9.97. The largest absolute Gasteiger partial charge is 0.481 e. The van der Waals surface area contributed by atoms with Gasteiger partial charge in [0.1, 0.15) is 0 Å². The molecular formula is C14H14O5. The molecule has 0 spiro atoms. The molecule has 0 amide bonds. The van der Waals surface area contributed by atoms with Crippen LogP contribution in [-0.4, -0.2) is 27.9 Å². The monoisotopic (exact) mass is 262 g/mol. The maximum Gasteiger partial charge on any atom is 0.318 e. The molecular weight excluding hydrogens is 248 g/mol. The molecule has 1 aromatic carbocycles. The van der Waals surface area contributed by atoms with Crippen molar-refractivity contribution in [3.63, 3.8) is 0 Å². The smallest absolute Gasteiger partial charge is 0.318 e. The fraction of sp³-hybridized carbons (Fsp3) is 0.357. The fourth-order valence-corrected chi connectivity index (χ4v) is 1.90. The number of Topliss-reactive ketones (excluding diaryl/α,β-unsaturated/α-hetero) is 1. The first-order valence-corrected chi connectivity index (χ1v) is 6.08. The lowest BCUT2D eigenvalue weighted by molar-refractivity contribution is -0.154. The number of carboxylic acid groups (broad SMARTS) is 2. The van der Waals surface area contributed by atoms with E-state index in [1.165, 1.54) is 0 Å². The van der Waals surface area contributed by atoms with Gasteiger partial charge in [0.25, 0.3) is 0 Å². The lowest BCUT2D eigenvalue weighted by Gasteiger charge is -2.08. The van der Waals surface area contributed by atoms with E-state index in [1.54, 1.807) is 24.3 Å². The number of ketones is 1. The summed E-state index contributed by atoms with van der Waals surface area (Å²) in [5.74, 6) is -3.92. The zero-order chi connectivity index (χ0) is 14.0. The van der Waals surface area contributed by atoms with Crippen LogP contribution >= 0.6 is 0 Å². The van der Waals surface area contributed by atoms with E-state index in [1.807, 2.05) is 0 Å². The highest BCUT2D eigenvalue weighted by molar-refractivity contribution is 5.99. The zero-order valence-electron chi connectivity index (χ0n) is 10.2. The number of hydrogen-bond donors (Lipinski definition) is 2. The molecule has 100 valence electrons. The van der Waals surface area contributed by atoms with Gasteiger partial charge < -0.3 is 10.2 Å². The standard InChI is InChI=1S/C14H14O5/c15-12(10-5-6-10)9-3-1-8(2-4-9)7-11(13(16)17)14(18)19/h1-4,10-11H,5-7H2,(H,16,17)(H,18,19). The minimum atomic E-state index is -1.45. The van der Waals surface area contributed by atoms with Gasteiger partial charge in [0, 0.05) is 11.5 Å². The van der Waals surface area contributed by atoms with E-state index in [0.717, 1.165) is 12.8 Å². The summed E-state index contributed by atoms with van der Waals surface area (Å²) in [6, 6.07) is 6.51. The Balaban J connectivity index is 2.07. The summed E-state index contributed by atoms with van der Waals surface area (Å²) in [7, 11) is 0. The van der Waals surface area contributed by atoms with Crippen molar-refractivity contribution < 1.29 is 24.6 Å². The molecule has 1 aliphatic carbocycles. The highest BCUT2D eigenvalue weighted by Crippen LogP contribution is 2.32. The Labute approximate surface area is 109 Å². The summed E-state index contributed by atoms with van der Waals surface area (Å²) in [6.45, 7) is 0. The van der Waals surface area contributed by atoms with Crippen LogP contribution in [0.5, 0.6) is 0 Å². The average Bonchev–Trinajstić information content (AvgIpc) is 3.19. The first-order chi connectivity index (χ1) is 8.99. The van der Waals surface area contributed by atoms with Crippen LogP contribution in [0.25, 0.3) is 0 Å². The Morgan fingerprint density at radius 2 is 1.58 bits per heavy atom. The summed E-state index contributed by atoms with van der Waals surface area (Å²) in [4.78, 5) is 33.3. The minimum Gasteiger partial charge on any atom is -0.481 e. The summed E-state index contributed by atoms with van der Waals surface area (Å²) >= 11 is 0. The van der Waals surface area contributed by atoms with E-state index in [2.05, 4.69) is 0 Å². The molecule has 2 N–H and O–H groups in total. The number of carbonyl (C=O) groups excluding carboxylic acids is 1. The molecule has 2 rings (SSSR count). The zero-order valence-corrected chi connectivity index (χ0v) is 10.2. The summed E-state index contributed by atoms with van der Waals surface area (Å²) < 4.78 is 0. The van der Waals surface area contributed by atoms with Crippen molar-refractivity contribution in [1.29, 1.82) is 0 Å². The van der Waals surface area contributed by atoms with Gasteiger partial charge in [0.15, 0.2) is 11.7 Å². The van der Waals surface area contributed by atoms with E-state index >= 15 is 0 Å². The van der Waals surface area contributed by atoms with Gasteiger partial charge in [-0.05, 0) is 24.8 Å². The Morgan fingerprint density at radius 1 is 1.05 bits per heavy atom. The van der Waals surface area contributed by atoms with Crippen LogP contribution in [-0.2, 0) is 16.0 Å². The van der Waals surface area contributed by atoms with Gasteiger partial charge in [-0.3, -0.25) is 14.4 Å². The third kappa shape index (κ3) is 3.19. The molecule has 1 fully saturated rings. The van der Waals surface area contributed by atoms with Gasteiger partial charge in [-0.15, -0.1) is 0 Å². The Bertz CT molecular complexity index is 499. The second kappa shape index (κ2) is 5.22. The van der Waals surface area contributed by atoms with Gasteiger partial charge in [0.2, 0.25) is 0 Å². The van der Waals surface area contributed by atoms with Crippen LogP contribution in [0.4, 0.5) is 0 Å². The van der Waals surface area contributed by atoms with Crippen molar-refractivity contribution in [2.75, 3.05) is 0 Å². The second-order valence-corrected chi connectivity index (χ2v) is 4.77. The number of benzene rings is 1. The normalized spacial score (nSPS) is 14.4.